The number of carbonyl (C=O) groups is 1. The molecule has 1 aliphatic rings. The van der Waals surface area contributed by atoms with Crippen LogP contribution in [0.15, 0.2) is 0 Å². The van der Waals surface area contributed by atoms with Crippen molar-refractivity contribution in [2.45, 2.75) is 12.8 Å². The molecule has 0 amide bonds. The van der Waals surface area contributed by atoms with Crippen LogP contribution in [0.1, 0.15) is 12.8 Å². The predicted octanol–water partition coefficient (Wildman–Crippen LogP) is -1.01. The highest BCUT2D eigenvalue weighted by Gasteiger charge is 2.29. The third-order valence-electron chi connectivity index (χ3n) is 2.07. The first-order valence-electron chi connectivity index (χ1n) is 3.89. The van der Waals surface area contributed by atoms with Crippen LogP contribution in [0.25, 0.3) is 0 Å². The summed E-state index contributed by atoms with van der Waals surface area (Å²) >= 11 is 0. The van der Waals surface area contributed by atoms with Crippen LogP contribution in [0, 0.1) is 5.92 Å². The van der Waals surface area contributed by atoms with Crippen molar-refractivity contribution in [3.8, 4) is 0 Å². The molecule has 0 spiro atoms. The molecule has 0 saturated carbocycles. The van der Waals surface area contributed by atoms with Gasteiger partial charge in [0.1, 0.15) is 0 Å². The monoisotopic (exact) mass is 208 g/mol. The van der Waals surface area contributed by atoms with E-state index in [1.54, 1.807) is 0 Å². The third-order valence-corrected chi connectivity index (χ3v) is 3.12. The smallest absolute Gasteiger partial charge is 0.303 e. The lowest BCUT2D eigenvalue weighted by molar-refractivity contribution is -0.137. The van der Waals surface area contributed by atoms with E-state index in [0.717, 1.165) is 4.31 Å². The second kappa shape index (κ2) is 3.60. The minimum atomic E-state index is -3.63. The SMILES string of the molecule is NS(=O)(=O)N1CCC(CC(=O)O)C1. The Morgan fingerprint density at radius 2 is 2.23 bits per heavy atom. The summed E-state index contributed by atoms with van der Waals surface area (Å²) < 4.78 is 22.8. The van der Waals surface area contributed by atoms with Gasteiger partial charge in [-0.25, -0.2) is 5.14 Å². The molecule has 1 rings (SSSR count). The Hall–Kier alpha value is -0.660. The topological polar surface area (TPSA) is 101 Å². The average molecular weight is 208 g/mol. The summed E-state index contributed by atoms with van der Waals surface area (Å²) in [7, 11) is -3.63. The number of carboxylic acids is 1. The van der Waals surface area contributed by atoms with Crippen LogP contribution < -0.4 is 5.14 Å². The molecule has 0 radical (unpaired) electrons. The Kier molecular flexibility index (Phi) is 2.89. The lowest BCUT2D eigenvalue weighted by atomic mass is 10.1. The van der Waals surface area contributed by atoms with Crippen molar-refractivity contribution in [2.75, 3.05) is 13.1 Å². The van der Waals surface area contributed by atoms with E-state index in [9.17, 15) is 13.2 Å². The molecule has 7 heteroatoms. The number of nitrogens with zero attached hydrogens (tertiary/aromatic N) is 1. The zero-order chi connectivity index (χ0) is 10.1. The minimum Gasteiger partial charge on any atom is -0.481 e. The van der Waals surface area contributed by atoms with E-state index >= 15 is 0 Å². The molecule has 3 N–H and O–H groups in total. The van der Waals surface area contributed by atoms with Gasteiger partial charge in [-0.2, -0.15) is 12.7 Å². The highest BCUT2D eigenvalue weighted by Crippen LogP contribution is 2.20. The zero-order valence-electron chi connectivity index (χ0n) is 7.01. The Balaban J connectivity index is 2.50. The highest BCUT2D eigenvalue weighted by molar-refractivity contribution is 7.86. The minimum absolute atomic E-state index is 0.00597. The number of hydrogen-bond acceptors (Lipinski definition) is 3. The fourth-order valence-electron chi connectivity index (χ4n) is 1.44. The Morgan fingerprint density at radius 3 is 2.62 bits per heavy atom. The van der Waals surface area contributed by atoms with Crippen molar-refractivity contribution in [3.63, 3.8) is 0 Å². The van der Waals surface area contributed by atoms with E-state index in [2.05, 4.69) is 0 Å². The maximum absolute atomic E-state index is 10.8. The van der Waals surface area contributed by atoms with Gasteiger partial charge in [0.2, 0.25) is 0 Å². The van der Waals surface area contributed by atoms with Gasteiger partial charge in [0.15, 0.2) is 0 Å². The summed E-state index contributed by atoms with van der Waals surface area (Å²) in [4.78, 5) is 10.3. The van der Waals surface area contributed by atoms with Crippen molar-refractivity contribution in [1.82, 2.24) is 4.31 Å². The predicted molar refractivity (Wildman–Crippen MR) is 45.0 cm³/mol. The molecule has 1 fully saturated rings. The van der Waals surface area contributed by atoms with Crippen LogP contribution in [0.4, 0.5) is 0 Å². The van der Waals surface area contributed by atoms with Crippen LogP contribution >= 0.6 is 0 Å². The van der Waals surface area contributed by atoms with Crippen LogP contribution in [0.2, 0.25) is 0 Å². The van der Waals surface area contributed by atoms with Crippen molar-refractivity contribution < 1.29 is 18.3 Å². The van der Waals surface area contributed by atoms with Gasteiger partial charge in [0.05, 0.1) is 0 Å². The molecule has 0 aliphatic carbocycles. The van der Waals surface area contributed by atoms with E-state index in [-0.39, 0.29) is 18.9 Å². The molecule has 13 heavy (non-hydrogen) atoms. The summed E-state index contributed by atoms with van der Waals surface area (Å²) in [5, 5.41) is 13.3. The number of nitrogens with two attached hydrogens (primary N) is 1. The van der Waals surface area contributed by atoms with E-state index in [4.69, 9.17) is 10.2 Å². The third kappa shape index (κ3) is 2.94. The molecule has 0 aromatic heterocycles. The first kappa shape index (κ1) is 10.4. The van der Waals surface area contributed by atoms with Gasteiger partial charge >= 0.3 is 5.97 Å². The molecule has 0 aromatic rings. The zero-order valence-corrected chi connectivity index (χ0v) is 7.83. The summed E-state index contributed by atoms with van der Waals surface area (Å²) in [6, 6.07) is 0. The fourth-order valence-corrected chi connectivity index (χ4v) is 2.22. The van der Waals surface area contributed by atoms with Crippen molar-refractivity contribution >= 4 is 16.2 Å². The Morgan fingerprint density at radius 1 is 1.62 bits per heavy atom. The largest absolute Gasteiger partial charge is 0.481 e. The number of carboxylic acid groups (broad SMARTS) is 1. The van der Waals surface area contributed by atoms with Gasteiger partial charge in [-0.15, -0.1) is 0 Å². The molecule has 76 valence electrons. The summed E-state index contributed by atoms with van der Waals surface area (Å²) in [5.41, 5.74) is 0. The first-order valence-corrected chi connectivity index (χ1v) is 5.39. The number of hydrogen-bond donors (Lipinski definition) is 2. The van der Waals surface area contributed by atoms with E-state index in [1.165, 1.54) is 0 Å². The van der Waals surface area contributed by atoms with Crippen LogP contribution in [-0.4, -0.2) is 36.9 Å². The highest BCUT2D eigenvalue weighted by atomic mass is 32.2. The van der Waals surface area contributed by atoms with Gasteiger partial charge in [0.25, 0.3) is 10.2 Å². The first-order chi connectivity index (χ1) is 5.89. The van der Waals surface area contributed by atoms with Crippen molar-refractivity contribution in [2.24, 2.45) is 11.1 Å². The molecule has 0 aromatic carbocycles. The normalized spacial score (nSPS) is 24.8. The van der Waals surface area contributed by atoms with Gasteiger partial charge in [-0.1, -0.05) is 0 Å². The van der Waals surface area contributed by atoms with Crippen molar-refractivity contribution in [3.05, 3.63) is 0 Å². The van der Waals surface area contributed by atoms with Gasteiger partial charge in [-0.3, -0.25) is 4.79 Å². The van der Waals surface area contributed by atoms with Gasteiger partial charge in [0, 0.05) is 19.5 Å². The molecular weight excluding hydrogens is 196 g/mol. The maximum atomic E-state index is 10.8. The summed E-state index contributed by atoms with van der Waals surface area (Å²) in [6.45, 7) is 0.557. The fraction of sp³-hybridized carbons (Fsp3) is 0.833. The lowest BCUT2D eigenvalue weighted by Crippen LogP contribution is -2.34. The van der Waals surface area contributed by atoms with E-state index in [0.29, 0.717) is 13.0 Å². The Bertz CT molecular complexity index is 300. The molecule has 1 unspecified atom stereocenters. The standard InChI is InChI=1S/C6H12N2O4S/c7-13(11,12)8-2-1-5(4-8)3-6(9)10/h5H,1-4H2,(H,9,10)(H2,7,11,12). The summed E-state index contributed by atoms with van der Waals surface area (Å²) in [5.74, 6) is -1.00. The van der Waals surface area contributed by atoms with Crippen LogP contribution in [-0.2, 0) is 15.0 Å². The summed E-state index contributed by atoms with van der Waals surface area (Å²) in [6.07, 6.45) is 0.578. The maximum Gasteiger partial charge on any atom is 0.303 e. The lowest BCUT2D eigenvalue weighted by Gasteiger charge is -2.11. The molecule has 1 aliphatic heterocycles. The molecular formula is C6H12N2O4S. The Labute approximate surface area is 76.5 Å². The number of rotatable bonds is 3. The molecule has 1 saturated heterocycles. The molecule has 0 bridgehead atoms. The van der Waals surface area contributed by atoms with E-state index < -0.39 is 16.2 Å². The van der Waals surface area contributed by atoms with E-state index in [1.807, 2.05) is 0 Å². The molecule has 1 atom stereocenters. The van der Waals surface area contributed by atoms with Gasteiger partial charge < -0.3 is 5.11 Å². The van der Waals surface area contributed by atoms with Gasteiger partial charge in [-0.05, 0) is 12.3 Å². The van der Waals surface area contributed by atoms with Crippen molar-refractivity contribution in [1.29, 1.82) is 0 Å². The van der Waals surface area contributed by atoms with Crippen LogP contribution in [0.5, 0.6) is 0 Å². The van der Waals surface area contributed by atoms with Crippen LogP contribution in [0.3, 0.4) is 0 Å². The second-order valence-corrected chi connectivity index (χ2v) is 4.70. The molecule has 1 heterocycles. The quantitative estimate of drug-likeness (QED) is 0.620. The molecule has 6 nitrogen and oxygen atoms in total. The average Bonchev–Trinajstić information content (AvgIpc) is 2.32. The number of aliphatic carboxylic acids is 1. The second-order valence-electron chi connectivity index (χ2n) is 3.16.